The third-order valence-corrected chi connectivity index (χ3v) is 4.09. The van der Waals surface area contributed by atoms with Crippen LogP contribution in [0, 0.1) is 5.82 Å². The molecule has 2 aromatic carbocycles. The zero-order chi connectivity index (χ0) is 17.7. The number of carbonyl (C=O) groups excluding carboxylic acids is 1. The summed E-state index contributed by atoms with van der Waals surface area (Å²) in [5.41, 5.74) is -1.14. The zero-order valence-corrected chi connectivity index (χ0v) is 13.7. The summed E-state index contributed by atoms with van der Waals surface area (Å²) in [6, 6.07) is 14.8. The molecule has 1 saturated heterocycles. The van der Waals surface area contributed by atoms with E-state index in [4.69, 9.17) is 9.47 Å². The Morgan fingerprint density at radius 1 is 1.12 bits per heavy atom. The van der Waals surface area contributed by atoms with E-state index >= 15 is 0 Å². The van der Waals surface area contributed by atoms with Crippen molar-refractivity contribution >= 4 is 5.91 Å². The molecule has 1 N–H and O–H groups in total. The molecule has 1 aliphatic heterocycles. The van der Waals surface area contributed by atoms with Crippen LogP contribution in [0.15, 0.2) is 54.6 Å². The van der Waals surface area contributed by atoms with Crippen molar-refractivity contribution < 1.29 is 23.8 Å². The van der Waals surface area contributed by atoms with Gasteiger partial charge in [-0.15, -0.1) is 0 Å². The number of benzene rings is 2. The maximum Gasteiger partial charge on any atom is 0.260 e. The van der Waals surface area contributed by atoms with Crippen molar-refractivity contribution in [3.63, 3.8) is 0 Å². The topological polar surface area (TPSA) is 59.0 Å². The Hall–Kier alpha value is -2.60. The van der Waals surface area contributed by atoms with Crippen LogP contribution in [0.2, 0.25) is 0 Å². The van der Waals surface area contributed by atoms with Crippen LogP contribution in [0.25, 0.3) is 0 Å². The molecule has 0 saturated carbocycles. The highest BCUT2D eigenvalue weighted by molar-refractivity contribution is 5.78. The maximum absolute atomic E-state index is 13.1. The molecule has 0 unspecified atom stereocenters. The first-order chi connectivity index (χ1) is 12.0. The summed E-state index contributed by atoms with van der Waals surface area (Å²) in [7, 11) is 0. The van der Waals surface area contributed by atoms with Crippen LogP contribution in [0.4, 0.5) is 4.39 Å². The third kappa shape index (κ3) is 4.70. The number of halogens is 1. The number of aliphatic hydroxyl groups is 1. The quantitative estimate of drug-likeness (QED) is 0.872. The molecular weight excluding hydrogens is 325 g/mol. The van der Waals surface area contributed by atoms with Gasteiger partial charge in [0.1, 0.15) is 29.5 Å². The summed E-state index contributed by atoms with van der Waals surface area (Å²) in [5, 5.41) is 10.6. The average molecular weight is 345 g/mol. The van der Waals surface area contributed by atoms with E-state index in [0.29, 0.717) is 24.5 Å². The molecule has 1 heterocycles. The van der Waals surface area contributed by atoms with Crippen molar-refractivity contribution in [1.29, 1.82) is 0 Å². The molecule has 0 bridgehead atoms. The number of likely N-dealkylation sites (tertiary alicyclic amines) is 1. The minimum absolute atomic E-state index is 0.000222. The molecule has 2 aromatic rings. The molecule has 0 radical (unpaired) electrons. The Bertz CT molecular complexity index is 724. The molecule has 1 atom stereocenters. The highest BCUT2D eigenvalue weighted by Gasteiger charge is 2.39. The second-order valence-corrected chi connectivity index (χ2v) is 6.14. The van der Waals surface area contributed by atoms with Gasteiger partial charge >= 0.3 is 0 Å². The van der Waals surface area contributed by atoms with Gasteiger partial charge in [0.25, 0.3) is 5.91 Å². The fraction of sp³-hybridized carbons (Fsp3) is 0.316. The zero-order valence-electron chi connectivity index (χ0n) is 13.7. The lowest BCUT2D eigenvalue weighted by Crippen LogP contribution is -2.41. The highest BCUT2D eigenvalue weighted by Crippen LogP contribution is 2.23. The normalized spacial score (nSPS) is 19.7. The van der Waals surface area contributed by atoms with Gasteiger partial charge in [-0.2, -0.15) is 0 Å². The Kier molecular flexibility index (Phi) is 5.19. The molecule has 0 aliphatic carbocycles. The van der Waals surface area contributed by atoms with E-state index in [1.54, 1.807) is 29.2 Å². The first kappa shape index (κ1) is 17.2. The van der Waals surface area contributed by atoms with Gasteiger partial charge in [0.15, 0.2) is 6.61 Å². The number of rotatable bonds is 6. The van der Waals surface area contributed by atoms with Crippen molar-refractivity contribution in [3.8, 4) is 11.5 Å². The summed E-state index contributed by atoms with van der Waals surface area (Å²) in [6.07, 6.45) is 0.402. The van der Waals surface area contributed by atoms with Gasteiger partial charge in [-0.3, -0.25) is 4.79 Å². The Morgan fingerprint density at radius 3 is 2.64 bits per heavy atom. The fourth-order valence-electron chi connectivity index (χ4n) is 2.71. The van der Waals surface area contributed by atoms with E-state index in [0.717, 1.165) is 0 Å². The summed E-state index contributed by atoms with van der Waals surface area (Å²) < 4.78 is 24.1. The van der Waals surface area contributed by atoms with Gasteiger partial charge in [0.2, 0.25) is 0 Å². The molecule has 6 heteroatoms. The van der Waals surface area contributed by atoms with Crippen LogP contribution >= 0.6 is 0 Å². The number of para-hydroxylation sites is 1. The lowest BCUT2D eigenvalue weighted by atomic mass is 10.1. The fourth-order valence-corrected chi connectivity index (χ4v) is 2.71. The van der Waals surface area contributed by atoms with Crippen molar-refractivity contribution in [2.75, 3.05) is 26.3 Å². The van der Waals surface area contributed by atoms with Crippen molar-refractivity contribution in [3.05, 3.63) is 60.4 Å². The summed E-state index contributed by atoms with van der Waals surface area (Å²) in [5.74, 6) is 0.390. The van der Waals surface area contributed by atoms with E-state index in [9.17, 15) is 14.3 Å². The van der Waals surface area contributed by atoms with Gasteiger partial charge < -0.3 is 19.5 Å². The number of hydrogen-bond acceptors (Lipinski definition) is 4. The van der Waals surface area contributed by atoms with E-state index < -0.39 is 11.4 Å². The molecule has 132 valence electrons. The lowest BCUT2D eigenvalue weighted by molar-refractivity contribution is -0.133. The van der Waals surface area contributed by atoms with E-state index in [2.05, 4.69) is 0 Å². The van der Waals surface area contributed by atoms with Crippen LogP contribution in [0.3, 0.4) is 0 Å². The monoisotopic (exact) mass is 345 g/mol. The number of amides is 1. The number of carbonyl (C=O) groups is 1. The molecule has 25 heavy (non-hydrogen) atoms. The Balaban J connectivity index is 1.49. The smallest absolute Gasteiger partial charge is 0.260 e. The third-order valence-electron chi connectivity index (χ3n) is 4.09. The van der Waals surface area contributed by atoms with Crippen LogP contribution < -0.4 is 9.47 Å². The molecule has 1 aliphatic rings. The maximum atomic E-state index is 13.1. The SMILES string of the molecule is O=C(COc1ccccc1)N1CC[C@@](O)(COc2cccc(F)c2)C1. The van der Waals surface area contributed by atoms with Gasteiger partial charge in [-0.25, -0.2) is 4.39 Å². The van der Waals surface area contributed by atoms with Crippen molar-refractivity contribution in [1.82, 2.24) is 4.90 Å². The number of nitrogens with zero attached hydrogens (tertiary/aromatic N) is 1. The summed E-state index contributed by atoms with van der Waals surface area (Å²) in [4.78, 5) is 13.8. The van der Waals surface area contributed by atoms with E-state index in [1.807, 2.05) is 18.2 Å². The van der Waals surface area contributed by atoms with Gasteiger partial charge in [0, 0.05) is 12.6 Å². The lowest BCUT2D eigenvalue weighted by Gasteiger charge is -2.23. The highest BCUT2D eigenvalue weighted by atomic mass is 19.1. The van der Waals surface area contributed by atoms with Crippen molar-refractivity contribution in [2.45, 2.75) is 12.0 Å². The molecule has 0 spiro atoms. The van der Waals surface area contributed by atoms with Crippen molar-refractivity contribution in [2.24, 2.45) is 0 Å². The second-order valence-electron chi connectivity index (χ2n) is 6.14. The molecule has 0 aromatic heterocycles. The summed E-state index contributed by atoms with van der Waals surface area (Å²) >= 11 is 0. The van der Waals surface area contributed by atoms with Crippen LogP contribution in [0.5, 0.6) is 11.5 Å². The molecule has 1 amide bonds. The van der Waals surface area contributed by atoms with Gasteiger partial charge in [-0.05, 0) is 30.7 Å². The number of hydrogen-bond donors (Lipinski definition) is 1. The van der Waals surface area contributed by atoms with Gasteiger partial charge in [0.05, 0.1) is 6.54 Å². The number of ether oxygens (including phenoxy) is 2. The standard InChI is InChI=1S/C19H20FNO4/c20-15-5-4-8-17(11-15)25-14-19(23)9-10-21(13-19)18(22)12-24-16-6-2-1-3-7-16/h1-8,11,23H,9-10,12-14H2/t19-/m0/s1. The van der Waals surface area contributed by atoms with E-state index in [1.165, 1.54) is 12.1 Å². The van der Waals surface area contributed by atoms with Crippen LogP contribution in [-0.2, 0) is 4.79 Å². The predicted octanol–water partition coefficient (Wildman–Crippen LogP) is 2.25. The first-order valence-corrected chi connectivity index (χ1v) is 8.10. The minimum Gasteiger partial charge on any atom is -0.490 e. The molecule has 1 fully saturated rings. The molecular formula is C19H20FNO4. The van der Waals surface area contributed by atoms with Crippen LogP contribution in [0.1, 0.15) is 6.42 Å². The average Bonchev–Trinajstić information content (AvgIpc) is 3.02. The number of β-amino-alcohol motifs (C(OH)–C–C–N with tert-alkyl or cyclic N) is 1. The Labute approximate surface area is 145 Å². The second kappa shape index (κ2) is 7.53. The summed E-state index contributed by atoms with van der Waals surface area (Å²) in [6.45, 7) is 0.518. The molecule has 5 nitrogen and oxygen atoms in total. The minimum atomic E-state index is -1.14. The van der Waals surface area contributed by atoms with E-state index in [-0.39, 0.29) is 25.7 Å². The predicted molar refractivity (Wildman–Crippen MR) is 90.0 cm³/mol. The van der Waals surface area contributed by atoms with Gasteiger partial charge in [-0.1, -0.05) is 24.3 Å². The molecule has 3 rings (SSSR count). The Morgan fingerprint density at radius 2 is 1.88 bits per heavy atom. The largest absolute Gasteiger partial charge is 0.490 e. The van der Waals surface area contributed by atoms with Crippen LogP contribution in [-0.4, -0.2) is 47.8 Å². The first-order valence-electron chi connectivity index (χ1n) is 8.10.